The summed E-state index contributed by atoms with van der Waals surface area (Å²) in [6.45, 7) is 0.440. The second-order valence-electron chi connectivity index (χ2n) is 3.53. The lowest BCUT2D eigenvalue weighted by molar-refractivity contribution is 0.205. The normalized spacial score (nSPS) is 20.5. The van der Waals surface area contributed by atoms with Crippen molar-refractivity contribution >= 4 is 6.03 Å². The van der Waals surface area contributed by atoms with Gasteiger partial charge in [-0.05, 0) is 5.56 Å². The Morgan fingerprint density at radius 2 is 2.07 bits per heavy atom. The van der Waals surface area contributed by atoms with Crippen molar-refractivity contribution in [2.24, 2.45) is 0 Å². The van der Waals surface area contributed by atoms with Crippen LogP contribution in [0.4, 0.5) is 4.79 Å². The Balaban J connectivity index is 2.27. The number of hydrogen-bond donors (Lipinski definition) is 0. The lowest BCUT2D eigenvalue weighted by atomic mass is 10.1. The molecule has 4 heteroatoms. The first-order valence-electron chi connectivity index (χ1n) is 4.73. The molecule has 15 heavy (non-hydrogen) atoms. The molecule has 76 valence electrons. The van der Waals surface area contributed by atoms with Crippen LogP contribution in [0.2, 0.25) is 0 Å². The number of hydrogen-bond acceptors (Lipinski definition) is 2. The number of nitrogens with zero attached hydrogens (tertiary/aromatic N) is 3. The summed E-state index contributed by atoms with van der Waals surface area (Å²) in [6, 6.07) is 9.49. The molecule has 2 amide bonds. The van der Waals surface area contributed by atoms with Gasteiger partial charge in [-0.3, -0.25) is 0 Å². The van der Waals surface area contributed by atoms with E-state index < -0.39 is 0 Å². The summed E-state index contributed by atoms with van der Waals surface area (Å²) in [5.41, 5.74) is 1.06. The fourth-order valence-corrected chi connectivity index (χ4v) is 1.79. The molecule has 1 atom stereocenters. The fraction of sp³-hybridized carbons (Fsp3) is 0.273. The monoisotopic (exact) mass is 201 g/mol. The van der Waals surface area contributed by atoms with Gasteiger partial charge in [0.1, 0.15) is 0 Å². The molecule has 4 nitrogen and oxygen atoms in total. The number of urea groups is 1. The summed E-state index contributed by atoms with van der Waals surface area (Å²) in [7, 11) is 1.72. The van der Waals surface area contributed by atoms with E-state index >= 15 is 0 Å². The van der Waals surface area contributed by atoms with E-state index in [1.54, 1.807) is 11.9 Å². The number of carbonyl (C=O) groups is 1. The van der Waals surface area contributed by atoms with Gasteiger partial charge in [0.05, 0.1) is 12.6 Å². The number of nitriles is 1. The third-order valence-electron chi connectivity index (χ3n) is 2.66. The van der Waals surface area contributed by atoms with Crippen LogP contribution in [0.5, 0.6) is 0 Å². The lowest BCUT2D eigenvalue weighted by Crippen LogP contribution is -2.26. The molecule has 1 aromatic rings. The fourth-order valence-electron chi connectivity index (χ4n) is 1.79. The van der Waals surface area contributed by atoms with E-state index in [9.17, 15) is 4.79 Å². The molecular formula is C11H11N3O. The Hall–Kier alpha value is -2.02. The van der Waals surface area contributed by atoms with Crippen molar-refractivity contribution < 1.29 is 4.79 Å². The van der Waals surface area contributed by atoms with Gasteiger partial charge in [0.15, 0.2) is 6.19 Å². The largest absolute Gasteiger partial charge is 0.333 e. The summed E-state index contributed by atoms with van der Waals surface area (Å²) in [4.78, 5) is 14.3. The van der Waals surface area contributed by atoms with E-state index in [0.717, 1.165) is 5.56 Å². The maximum absolute atomic E-state index is 11.5. The zero-order chi connectivity index (χ0) is 10.8. The highest BCUT2D eigenvalue weighted by atomic mass is 16.2. The lowest BCUT2D eigenvalue weighted by Gasteiger charge is -2.17. The molecular weight excluding hydrogens is 190 g/mol. The first kappa shape index (κ1) is 9.53. The zero-order valence-corrected chi connectivity index (χ0v) is 8.42. The molecule has 0 aliphatic carbocycles. The minimum Gasteiger partial charge on any atom is -0.318 e. The maximum Gasteiger partial charge on any atom is 0.333 e. The molecule has 2 rings (SSSR count). The summed E-state index contributed by atoms with van der Waals surface area (Å²) in [5, 5.41) is 8.75. The third-order valence-corrected chi connectivity index (χ3v) is 2.66. The van der Waals surface area contributed by atoms with E-state index in [1.807, 2.05) is 36.5 Å². The van der Waals surface area contributed by atoms with E-state index in [-0.39, 0.29) is 12.1 Å². The van der Waals surface area contributed by atoms with Crippen LogP contribution in [0.3, 0.4) is 0 Å². The summed E-state index contributed by atoms with van der Waals surface area (Å²) in [5.74, 6) is 0. The van der Waals surface area contributed by atoms with Crippen LogP contribution in [0.1, 0.15) is 11.6 Å². The molecule has 0 aromatic heterocycles. The van der Waals surface area contributed by atoms with Gasteiger partial charge in [0.25, 0.3) is 0 Å². The molecule has 1 fully saturated rings. The highest BCUT2D eigenvalue weighted by molar-refractivity contribution is 5.78. The standard InChI is InChI=1S/C11H11N3O/c1-13-10(7-14(8-12)11(13)15)9-5-3-2-4-6-9/h2-6,10H,7H2,1H3. The van der Waals surface area contributed by atoms with Crippen LogP contribution in [0, 0.1) is 11.5 Å². The van der Waals surface area contributed by atoms with Gasteiger partial charge < -0.3 is 4.90 Å². The summed E-state index contributed by atoms with van der Waals surface area (Å²) in [6.07, 6.45) is 1.89. The van der Waals surface area contributed by atoms with Gasteiger partial charge in [-0.1, -0.05) is 30.3 Å². The van der Waals surface area contributed by atoms with Crippen LogP contribution < -0.4 is 0 Å². The van der Waals surface area contributed by atoms with Crippen molar-refractivity contribution in [3.8, 4) is 6.19 Å². The highest BCUT2D eigenvalue weighted by Gasteiger charge is 2.35. The number of benzene rings is 1. The van der Waals surface area contributed by atoms with Gasteiger partial charge in [0, 0.05) is 7.05 Å². The van der Waals surface area contributed by atoms with Crippen LogP contribution in [-0.2, 0) is 0 Å². The van der Waals surface area contributed by atoms with Gasteiger partial charge >= 0.3 is 6.03 Å². The molecule has 0 saturated carbocycles. The highest BCUT2D eigenvalue weighted by Crippen LogP contribution is 2.26. The topological polar surface area (TPSA) is 47.3 Å². The van der Waals surface area contributed by atoms with Gasteiger partial charge in [-0.25, -0.2) is 9.69 Å². The summed E-state index contributed by atoms with van der Waals surface area (Å²) < 4.78 is 0. The van der Waals surface area contributed by atoms with Crippen LogP contribution in [0.25, 0.3) is 0 Å². The van der Waals surface area contributed by atoms with E-state index in [2.05, 4.69) is 0 Å². The van der Waals surface area contributed by atoms with Crippen LogP contribution >= 0.6 is 0 Å². The SMILES string of the molecule is CN1C(=O)N(C#N)CC1c1ccccc1. The smallest absolute Gasteiger partial charge is 0.318 e. The van der Waals surface area contributed by atoms with Crippen molar-refractivity contribution in [1.29, 1.82) is 5.26 Å². The quantitative estimate of drug-likeness (QED) is 0.647. The second-order valence-corrected chi connectivity index (χ2v) is 3.53. The average Bonchev–Trinajstić information content (AvgIpc) is 2.57. The molecule has 1 heterocycles. The molecule has 1 aromatic carbocycles. The number of amides is 2. The maximum atomic E-state index is 11.5. The Labute approximate surface area is 88.3 Å². The molecule has 0 bridgehead atoms. The average molecular weight is 201 g/mol. The Morgan fingerprint density at radius 1 is 1.40 bits per heavy atom. The van der Waals surface area contributed by atoms with E-state index in [0.29, 0.717) is 6.54 Å². The third kappa shape index (κ3) is 1.52. The molecule has 1 unspecified atom stereocenters. The Morgan fingerprint density at radius 3 is 2.60 bits per heavy atom. The zero-order valence-electron chi connectivity index (χ0n) is 8.42. The predicted octanol–water partition coefficient (Wildman–Crippen LogP) is 1.58. The molecule has 0 N–H and O–H groups in total. The van der Waals surface area contributed by atoms with Crippen molar-refractivity contribution in [3.63, 3.8) is 0 Å². The second kappa shape index (κ2) is 3.62. The molecule has 0 radical (unpaired) electrons. The number of carbonyl (C=O) groups excluding carboxylic acids is 1. The van der Waals surface area contributed by atoms with Crippen LogP contribution in [-0.4, -0.2) is 29.4 Å². The minimum absolute atomic E-state index is 0.0154. The predicted molar refractivity (Wildman–Crippen MR) is 54.7 cm³/mol. The van der Waals surface area contributed by atoms with Crippen LogP contribution in [0.15, 0.2) is 30.3 Å². The van der Waals surface area contributed by atoms with E-state index in [4.69, 9.17) is 5.26 Å². The Kier molecular flexibility index (Phi) is 2.30. The Bertz CT molecular complexity index is 410. The van der Waals surface area contributed by atoms with Gasteiger partial charge in [-0.2, -0.15) is 5.26 Å². The van der Waals surface area contributed by atoms with Crippen molar-refractivity contribution in [3.05, 3.63) is 35.9 Å². The molecule has 1 aliphatic heterocycles. The number of rotatable bonds is 1. The molecule has 1 aliphatic rings. The van der Waals surface area contributed by atoms with E-state index in [1.165, 1.54) is 4.90 Å². The van der Waals surface area contributed by atoms with Gasteiger partial charge in [0.2, 0.25) is 0 Å². The van der Waals surface area contributed by atoms with Crippen molar-refractivity contribution in [2.75, 3.05) is 13.6 Å². The summed E-state index contributed by atoms with van der Waals surface area (Å²) >= 11 is 0. The van der Waals surface area contributed by atoms with Crippen molar-refractivity contribution in [1.82, 2.24) is 9.80 Å². The molecule has 0 spiro atoms. The first-order chi connectivity index (χ1) is 7.24. The van der Waals surface area contributed by atoms with Gasteiger partial charge in [-0.15, -0.1) is 0 Å². The van der Waals surface area contributed by atoms with Crippen molar-refractivity contribution in [2.45, 2.75) is 6.04 Å². The first-order valence-corrected chi connectivity index (χ1v) is 4.73. The molecule has 1 saturated heterocycles. The minimum atomic E-state index is -0.230. The number of likely N-dealkylation sites (N-methyl/N-ethyl adjacent to an activating group) is 1.